The van der Waals surface area contributed by atoms with E-state index in [0.717, 1.165) is 24.1 Å². The number of hydrogen-bond donors (Lipinski definition) is 1. The minimum absolute atomic E-state index is 0.0102. The van der Waals surface area contributed by atoms with Gasteiger partial charge in [0.1, 0.15) is 11.1 Å². The van der Waals surface area contributed by atoms with Crippen LogP contribution in [0.4, 0.5) is 0 Å². The molecule has 0 saturated heterocycles. The van der Waals surface area contributed by atoms with Crippen molar-refractivity contribution in [1.82, 2.24) is 9.88 Å². The summed E-state index contributed by atoms with van der Waals surface area (Å²) in [5, 5.41) is 2.72. The average molecular weight is 304 g/mol. The predicted molar refractivity (Wildman–Crippen MR) is 85.1 cm³/mol. The molecule has 2 rings (SSSR count). The second-order valence-corrected chi connectivity index (χ2v) is 6.38. The lowest BCUT2D eigenvalue weighted by Gasteiger charge is -2.16. The molecule has 1 aliphatic rings. The first-order valence-corrected chi connectivity index (χ1v) is 7.81. The number of nitrogens with one attached hydrogen (secondary N) is 1. The SMILES string of the molecule is CCCCn1c(C)c(C)cc(C(=O)NC2(C)C(=O)C2C)c1=O. The van der Waals surface area contributed by atoms with Crippen molar-refractivity contribution in [1.29, 1.82) is 0 Å². The van der Waals surface area contributed by atoms with Gasteiger partial charge in [0.2, 0.25) is 0 Å². The molecule has 1 aromatic rings. The summed E-state index contributed by atoms with van der Waals surface area (Å²) in [5.74, 6) is -0.639. The molecule has 1 saturated carbocycles. The van der Waals surface area contributed by atoms with E-state index in [1.165, 1.54) is 0 Å². The number of hydrogen-bond acceptors (Lipinski definition) is 3. The molecule has 2 unspecified atom stereocenters. The Bertz CT molecular complexity index is 690. The zero-order valence-corrected chi connectivity index (χ0v) is 13.9. The third-order valence-corrected chi connectivity index (χ3v) is 4.85. The summed E-state index contributed by atoms with van der Waals surface area (Å²) in [7, 11) is 0. The summed E-state index contributed by atoms with van der Waals surface area (Å²) < 4.78 is 1.66. The van der Waals surface area contributed by atoms with Gasteiger partial charge in [-0.05, 0) is 38.8 Å². The van der Waals surface area contributed by atoms with Crippen LogP contribution in [0.25, 0.3) is 0 Å². The van der Waals surface area contributed by atoms with Crippen molar-refractivity contribution in [3.63, 3.8) is 0 Å². The molecule has 1 fully saturated rings. The molecular weight excluding hydrogens is 280 g/mol. The van der Waals surface area contributed by atoms with Gasteiger partial charge in [0.15, 0.2) is 5.78 Å². The molecule has 22 heavy (non-hydrogen) atoms. The Labute approximate surface area is 130 Å². The van der Waals surface area contributed by atoms with E-state index in [1.807, 2.05) is 13.8 Å². The molecule has 2 atom stereocenters. The van der Waals surface area contributed by atoms with Crippen LogP contribution in [-0.4, -0.2) is 21.8 Å². The first kappa shape index (κ1) is 16.5. The van der Waals surface area contributed by atoms with E-state index in [2.05, 4.69) is 12.2 Å². The van der Waals surface area contributed by atoms with Gasteiger partial charge in [0.25, 0.3) is 11.5 Å². The summed E-state index contributed by atoms with van der Waals surface area (Å²) in [4.78, 5) is 36.6. The Morgan fingerprint density at radius 2 is 1.95 bits per heavy atom. The Kier molecular flexibility index (Phi) is 4.27. The van der Waals surface area contributed by atoms with Gasteiger partial charge in [-0.2, -0.15) is 0 Å². The molecule has 5 nitrogen and oxygen atoms in total. The van der Waals surface area contributed by atoms with Crippen LogP contribution in [0.1, 0.15) is 55.2 Å². The van der Waals surface area contributed by atoms with E-state index in [0.29, 0.717) is 6.54 Å². The van der Waals surface area contributed by atoms with Crippen LogP contribution in [0.2, 0.25) is 0 Å². The van der Waals surface area contributed by atoms with Crippen molar-refractivity contribution in [3.05, 3.63) is 33.2 Å². The van der Waals surface area contributed by atoms with Crippen molar-refractivity contribution in [3.8, 4) is 0 Å². The van der Waals surface area contributed by atoms with Crippen LogP contribution in [-0.2, 0) is 11.3 Å². The zero-order chi connectivity index (χ0) is 16.7. The van der Waals surface area contributed by atoms with Crippen molar-refractivity contribution in [2.45, 2.75) is 59.5 Å². The third-order valence-electron chi connectivity index (χ3n) is 4.85. The Morgan fingerprint density at radius 1 is 1.36 bits per heavy atom. The van der Waals surface area contributed by atoms with E-state index in [-0.39, 0.29) is 22.8 Å². The highest BCUT2D eigenvalue weighted by molar-refractivity contribution is 6.11. The molecular formula is C17H24N2O3. The quantitative estimate of drug-likeness (QED) is 0.904. The van der Waals surface area contributed by atoms with E-state index in [4.69, 9.17) is 0 Å². The maximum absolute atomic E-state index is 12.6. The topological polar surface area (TPSA) is 68.2 Å². The number of aryl methyl sites for hydroxylation is 1. The Morgan fingerprint density at radius 3 is 2.45 bits per heavy atom. The minimum atomic E-state index is -0.823. The number of amides is 1. The average Bonchev–Trinajstić information content (AvgIpc) is 2.93. The maximum Gasteiger partial charge on any atom is 0.263 e. The van der Waals surface area contributed by atoms with Crippen LogP contribution in [0, 0.1) is 19.8 Å². The fourth-order valence-corrected chi connectivity index (χ4v) is 2.70. The highest BCUT2D eigenvalue weighted by Gasteiger charge is 2.59. The van der Waals surface area contributed by atoms with Gasteiger partial charge in [-0.3, -0.25) is 14.4 Å². The summed E-state index contributed by atoms with van der Waals surface area (Å²) >= 11 is 0. The molecule has 0 radical (unpaired) electrons. The third kappa shape index (κ3) is 2.60. The number of nitrogens with zero attached hydrogens (tertiary/aromatic N) is 1. The number of unbranched alkanes of at least 4 members (excludes halogenated alkanes) is 1. The number of rotatable bonds is 5. The molecule has 0 aliphatic heterocycles. The van der Waals surface area contributed by atoms with Gasteiger partial charge in [0, 0.05) is 18.2 Å². The summed E-state index contributed by atoms with van der Waals surface area (Å²) in [6.45, 7) is 9.93. The summed E-state index contributed by atoms with van der Waals surface area (Å²) in [6.07, 6.45) is 1.87. The molecule has 1 amide bonds. The first-order valence-electron chi connectivity index (χ1n) is 7.81. The number of pyridine rings is 1. The molecule has 0 spiro atoms. The van der Waals surface area contributed by atoms with Crippen LogP contribution < -0.4 is 10.9 Å². The summed E-state index contributed by atoms with van der Waals surface area (Å²) in [6, 6.07) is 1.62. The standard InChI is InChI=1S/C17H24N2O3/c1-6-7-8-19-12(4)10(2)9-13(16(19)22)15(21)18-17(5)11(3)14(17)20/h9,11H,6-8H2,1-5H3,(H,18,21). The van der Waals surface area contributed by atoms with Gasteiger partial charge < -0.3 is 9.88 Å². The lowest BCUT2D eigenvalue weighted by atomic mass is 10.1. The van der Waals surface area contributed by atoms with Crippen LogP contribution in [0.3, 0.4) is 0 Å². The largest absolute Gasteiger partial charge is 0.339 e. The first-order chi connectivity index (χ1) is 10.2. The smallest absolute Gasteiger partial charge is 0.263 e. The van der Waals surface area contributed by atoms with Gasteiger partial charge in [-0.1, -0.05) is 20.3 Å². The second-order valence-electron chi connectivity index (χ2n) is 6.38. The van der Waals surface area contributed by atoms with Crippen molar-refractivity contribution in [2.75, 3.05) is 0 Å². The molecule has 0 bridgehead atoms. The molecule has 1 N–H and O–H groups in total. The molecule has 120 valence electrons. The lowest BCUT2D eigenvalue weighted by molar-refractivity contribution is -0.112. The van der Waals surface area contributed by atoms with E-state index < -0.39 is 11.4 Å². The Hall–Kier alpha value is -1.91. The molecule has 1 aliphatic carbocycles. The van der Waals surface area contributed by atoms with Crippen LogP contribution in [0.5, 0.6) is 0 Å². The van der Waals surface area contributed by atoms with Crippen LogP contribution >= 0.6 is 0 Å². The van der Waals surface area contributed by atoms with Crippen LogP contribution in [0.15, 0.2) is 10.9 Å². The molecule has 0 aromatic carbocycles. The minimum Gasteiger partial charge on any atom is -0.339 e. The fraction of sp³-hybridized carbons (Fsp3) is 0.588. The second kappa shape index (κ2) is 5.71. The number of Topliss-reactive ketones (excluding diaryl/α,β-unsaturated/α-hetero) is 1. The Balaban J connectivity index is 2.35. The number of ketones is 1. The van der Waals surface area contributed by atoms with E-state index in [9.17, 15) is 14.4 Å². The summed E-state index contributed by atoms with van der Waals surface area (Å²) in [5.41, 5.74) is 0.806. The van der Waals surface area contributed by atoms with Crippen molar-refractivity contribution in [2.24, 2.45) is 5.92 Å². The fourth-order valence-electron chi connectivity index (χ4n) is 2.70. The van der Waals surface area contributed by atoms with Gasteiger partial charge in [0.05, 0.1) is 0 Å². The number of aromatic nitrogens is 1. The van der Waals surface area contributed by atoms with E-state index >= 15 is 0 Å². The number of carbonyl (C=O) groups excluding carboxylic acids is 2. The maximum atomic E-state index is 12.6. The highest BCUT2D eigenvalue weighted by Crippen LogP contribution is 2.37. The zero-order valence-electron chi connectivity index (χ0n) is 13.9. The highest BCUT2D eigenvalue weighted by atomic mass is 16.2. The monoisotopic (exact) mass is 304 g/mol. The van der Waals surface area contributed by atoms with Crippen molar-refractivity contribution < 1.29 is 9.59 Å². The molecule has 5 heteroatoms. The lowest BCUT2D eigenvalue weighted by Crippen LogP contribution is -2.41. The molecule has 1 aromatic heterocycles. The van der Waals surface area contributed by atoms with E-state index in [1.54, 1.807) is 24.5 Å². The van der Waals surface area contributed by atoms with Crippen molar-refractivity contribution >= 4 is 11.7 Å². The molecule has 1 heterocycles. The normalized spacial score (nSPS) is 23.5. The van der Waals surface area contributed by atoms with Gasteiger partial charge >= 0.3 is 0 Å². The number of carbonyl (C=O) groups is 2. The van der Waals surface area contributed by atoms with Gasteiger partial charge in [-0.25, -0.2) is 0 Å². The predicted octanol–water partition coefficient (Wildman–Crippen LogP) is 1.97. The van der Waals surface area contributed by atoms with Gasteiger partial charge in [-0.15, -0.1) is 0 Å².